The van der Waals surface area contributed by atoms with Crippen molar-refractivity contribution in [2.45, 2.75) is 48.9 Å². The highest BCUT2D eigenvalue weighted by Gasteiger charge is 2.41. The van der Waals surface area contributed by atoms with Gasteiger partial charge in [-0.15, -0.1) is 12.4 Å². The van der Waals surface area contributed by atoms with Gasteiger partial charge in [-0.25, -0.2) is 0 Å². The van der Waals surface area contributed by atoms with Crippen LogP contribution in [0.25, 0.3) is 0 Å². The molecule has 1 atom stereocenters. The molecule has 0 bridgehead atoms. The number of aliphatic hydroxyl groups is 1. The summed E-state index contributed by atoms with van der Waals surface area (Å²) >= 11 is 18.1. The first-order chi connectivity index (χ1) is 18.0. The highest BCUT2D eigenvalue weighted by Crippen LogP contribution is 2.44. The average molecular weight is 617 g/mol. The summed E-state index contributed by atoms with van der Waals surface area (Å²) in [7, 11) is 0. The van der Waals surface area contributed by atoms with Crippen LogP contribution in [0, 0.1) is 0 Å². The summed E-state index contributed by atoms with van der Waals surface area (Å²) < 4.78 is 40.1. The predicted molar refractivity (Wildman–Crippen MR) is 154 cm³/mol. The van der Waals surface area contributed by atoms with Gasteiger partial charge in [0, 0.05) is 34.6 Å². The van der Waals surface area contributed by atoms with Crippen LogP contribution in [0.1, 0.15) is 47.9 Å². The Hall–Kier alpha value is -1.73. The molecular formula is C30H28Cl4F3NO. The maximum absolute atomic E-state index is 13.4. The van der Waals surface area contributed by atoms with E-state index < -0.39 is 17.3 Å². The van der Waals surface area contributed by atoms with E-state index in [2.05, 4.69) is 41.3 Å². The number of alkyl halides is 3. The third-order valence-corrected chi connectivity index (χ3v) is 8.89. The highest BCUT2D eigenvalue weighted by molar-refractivity contribution is 6.31. The molecule has 1 heterocycles. The van der Waals surface area contributed by atoms with Gasteiger partial charge in [0.1, 0.15) is 0 Å². The van der Waals surface area contributed by atoms with Gasteiger partial charge in [-0.1, -0.05) is 77.3 Å². The Labute approximate surface area is 247 Å². The molecule has 1 aliphatic heterocycles. The first-order valence-corrected chi connectivity index (χ1v) is 13.7. The molecule has 0 amide bonds. The van der Waals surface area contributed by atoms with E-state index in [-0.39, 0.29) is 34.4 Å². The van der Waals surface area contributed by atoms with E-state index in [0.29, 0.717) is 36.0 Å². The van der Waals surface area contributed by atoms with Crippen molar-refractivity contribution in [1.29, 1.82) is 0 Å². The zero-order valence-corrected chi connectivity index (χ0v) is 24.0. The molecule has 208 valence electrons. The van der Waals surface area contributed by atoms with Crippen LogP contribution in [-0.4, -0.2) is 29.1 Å². The average Bonchev–Trinajstić information content (AvgIpc) is 2.90. The third-order valence-electron chi connectivity index (χ3n) is 8.06. The molecule has 1 saturated heterocycles. The van der Waals surface area contributed by atoms with Gasteiger partial charge in [0.15, 0.2) is 0 Å². The minimum absolute atomic E-state index is 0. The normalized spacial score (nSPS) is 20.8. The molecule has 1 fully saturated rings. The Kier molecular flexibility index (Phi) is 9.02. The summed E-state index contributed by atoms with van der Waals surface area (Å²) in [5, 5.41) is 12.3. The Morgan fingerprint density at radius 2 is 1.28 bits per heavy atom. The number of benzene rings is 3. The van der Waals surface area contributed by atoms with E-state index in [4.69, 9.17) is 34.8 Å². The molecule has 0 saturated carbocycles. The zero-order valence-electron chi connectivity index (χ0n) is 20.9. The number of hydrogen-bond donors (Lipinski definition) is 1. The maximum Gasteiger partial charge on any atom is 0.417 e. The number of piperidine rings is 1. The summed E-state index contributed by atoms with van der Waals surface area (Å²) in [5.41, 5.74) is 0.00124. The largest absolute Gasteiger partial charge is 0.417 e. The van der Waals surface area contributed by atoms with Crippen molar-refractivity contribution < 1.29 is 18.3 Å². The number of rotatable bonds is 4. The van der Waals surface area contributed by atoms with Gasteiger partial charge in [-0.3, -0.25) is 4.90 Å². The molecule has 3 aromatic carbocycles. The smallest absolute Gasteiger partial charge is 0.385 e. The van der Waals surface area contributed by atoms with E-state index in [1.807, 2.05) is 24.3 Å². The molecule has 5 rings (SSSR count). The van der Waals surface area contributed by atoms with Crippen molar-refractivity contribution in [1.82, 2.24) is 4.90 Å². The SMILES string of the molecule is Cl.OC1(c2ccc(Cl)c(C(F)(F)F)c2)CCN(C2C=CC(c3ccc(Cl)cc3)(c3ccc(Cl)cc3)CC2)CC1. The van der Waals surface area contributed by atoms with Crippen LogP contribution in [0.3, 0.4) is 0 Å². The molecule has 1 aliphatic carbocycles. The first kappa shape index (κ1) is 30.2. The second-order valence-corrected chi connectivity index (χ2v) is 11.5. The van der Waals surface area contributed by atoms with Crippen molar-refractivity contribution in [3.8, 4) is 0 Å². The minimum Gasteiger partial charge on any atom is -0.385 e. The molecule has 1 N–H and O–H groups in total. The second-order valence-electron chi connectivity index (χ2n) is 10.2. The van der Waals surface area contributed by atoms with Crippen LogP contribution in [-0.2, 0) is 17.2 Å². The fourth-order valence-electron chi connectivity index (χ4n) is 5.82. The molecule has 0 aromatic heterocycles. The summed E-state index contributed by atoms with van der Waals surface area (Å²) in [6.45, 7) is 1.15. The lowest BCUT2D eigenvalue weighted by molar-refractivity contribution is -0.137. The monoisotopic (exact) mass is 615 g/mol. The van der Waals surface area contributed by atoms with E-state index in [1.165, 1.54) is 12.1 Å². The third kappa shape index (κ3) is 6.14. The Morgan fingerprint density at radius 1 is 0.769 bits per heavy atom. The van der Waals surface area contributed by atoms with Gasteiger partial charge in [-0.05, 0) is 78.8 Å². The molecule has 0 spiro atoms. The fraction of sp³-hybridized carbons (Fsp3) is 0.333. The van der Waals surface area contributed by atoms with Crippen LogP contribution in [0.15, 0.2) is 78.9 Å². The van der Waals surface area contributed by atoms with Crippen molar-refractivity contribution in [2.75, 3.05) is 13.1 Å². The van der Waals surface area contributed by atoms with Gasteiger partial charge in [0.05, 0.1) is 16.2 Å². The van der Waals surface area contributed by atoms with Crippen molar-refractivity contribution in [3.05, 3.63) is 116 Å². The number of allylic oxidation sites excluding steroid dienone is 1. The molecule has 2 aliphatic rings. The van der Waals surface area contributed by atoms with Crippen LogP contribution in [0.4, 0.5) is 13.2 Å². The summed E-state index contributed by atoms with van der Waals surface area (Å²) in [4.78, 5) is 2.30. The number of hydrogen-bond acceptors (Lipinski definition) is 2. The van der Waals surface area contributed by atoms with E-state index in [0.717, 1.165) is 30.0 Å². The van der Waals surface area contributed by atoms with Crippen LogP contribution in [0.5, 0.6) is 0 Å². The predicted octanol–water partition coefficient (Wildman–Crippen LogP) is 9.08. The lowest BCUT2D eigenvalue weighted by atomic mass is 9.68. The summed E-state index contributed by atoms with van der Waals surface area (Å²) in [5.74, 6) is 0. The minimum atomic E-state index is -4.57. The number of nitrogens with zero attached hydrogens (tertiary/aromatic N) is 1. The topological polar surface area (TPSA) is 23.5 Å². The van der Waals surface area contributed by atoms with Gasteiger partial charge in [0.25, 0.3) is 0 Å². The summed E-state index contributed by atoms with van der Waals surface area (Å²) in [6, 6.07) is 19.7. The lowest BCUT2D eigenvalue weighted by Gasteiger charge is -2.44. The van der Waals surface area contributed by atoms with E-state index in [9.17, 15) is 18.3 Å². The van der Waals surface area contributed by atoms with E-state index in [1.54, 1.807) is 0 Å². The Morgan fingerprint density at radius 3 is 1.74 bits per heavy atom. The molecule has 2 nitrogen and oxygen atoms in total. The first-order valence-electron chi connectivity index (χ1n) is 12.6. The zero-order chi connectivity index (χ0) is 27.1. The number of likely N-dealkylation sites (tertiary alicyclic amines) is 1. The van der Waals surface area contributed by atoms with Crippen LogP contribution in [0.2, 0.25) is 15.1 Å². The van der Waals surface area contributed by atoms with Crippen molar-refractivity contribution in [3.63, 3.8) is 0 Å². The van der Waals surface area contributed by atoms with Crippen LogP contribution < -0.4 is 0 Å². The van der Waals surface area contributed by atoms with Gasteiger partial charge in [0.2, 0.25) is 0 Å². The fourth-order valence-corrected chi connectivity index (χ4v) is 6.30. The van der Waals surface area contributed by atoms with Gasteiger partial charge in [-0.2, -0.15) is 13.2 Å². The molecule has 0 radical (unpaired) electrons. The highest BCUT2D eigenvalue weighted by atomic mass is 35.5. The summed E-state index contributed by atoms with van der Waals surface area (Å²) in [6.07, 6.45) is 2.34. The molecule has 9 heteroatoms. The lowest BCUT2D eigenvalue weighted by Crippen LogP contribution is -2.48. The van der Waals surface area contributed by atoms with E-state index >= 15 is 0 Å². The van der Waals surface area contributed by atoms with Gasteiger partial charge < -0.3 is 5.11 Å². The standard InChI is InChI=1S/C30H27Cl3F3NO.ClH/c31-23-6-1-20(2-7-23)28(21-3-8-24(32)9-4-21)13-11-25(12-14-28)37-17-15-29(38,16-18-37)22-5-10-27(33)26(19-22)30(34,35)36;/h1-11,13,19,25,38H,12,14-18H2;1H. The Balaban J connectivity index is 0.00000353. The number of halogens is 7. The quantitative estimate of drug-likeness (QED) is 0.296. The van der Waals surface area contributed by atoms with Gasteiger partial charge >= 0.3 is 6.18 Å². The maximum atomic E-state index is 13.4. The second kappa shape index (κ2) is 11.6. The van der Waals surface area contributed by atoms with Crippen LogP contribution >= 0.6 is 47.2 Å². The molecule has 1 unspecified atom stereocenters. The molecule has 3 aromatic rings. The van der Waals surface area contributed by atoms with Crippen molar-refractivity contribution in [2.24, 2.45) is 0 Å². The Bertz CT molecular complexity index is 1270. The molecular weight excluding hydrogens is 589 g/mol. The van der Waals surface area contributed by atoms with Crippen molar-refractivity contribution >= 4 is 47.2 Å². The molecule has 39 heavy (non-hydrogen) atoms.